The molecule has 0 aromatic rings. The molecule has 0 aliphatic heterocycles. The van der Waals surface area contributed by atoms with E-state index in [0.717, 1.165) is 0 Å². The molecule has 0 rings (SSSR count). The molecule has 0 unspecified atom stereocenters. The van der Waals surface area contributed by atoms with E-state index in [1.54, 1.807) is 0 Å². The van der Waals surface area contributed by atoms with Gasteiger partial charge < -0.3 is 63.4 Å². The second kappa shape index (κ2) is 29.0. The molecular formula is C28H46CaO18. The number of aliphatic carboxylic acids is 4. The van der Waals surface area contributed by atoms with E-state index < -0.39 is 99.1 Å². The number of ether oxygens (including phenoxy) is 2. The molecule has 0 radical (unpaired) electrons. The van der Waals surface area contributed by atoms with Crippen LogP contribution in [0.3, 0.4) is 0 Å². The van der Waals surface area contributed by atoms with Gasteiger partial charge in [-0.1, -0.05) is 26.3 Å². The first-order chi connectivity index (χ1) is 21.1. The van der Waals surface area contributed by atoms with Gasteiger partial charge in [0.05, 0.1) is 63.3 Å². The molecule has 268 valence electrons. The van der Waals surface area contributed by atoms with E-state index >= 15 is 0 Å². The standard InChI is InChI=1S/2C9H16O5.2C5H6O4.Ca.2H/c2*1-7(2)8(13)14-6-9(3-10,4-11)5-12;2*1-3(5(8)9)2-4(6)7;;;/h2*10-12H,1,3-6H2,2H3;2*1-2H2,(H,6,7)(H,8,9);;;/q;;;;+2;2*-1. The van der Waals surface area contributed by atoms with Crippen LogP contribution in [0.4, 0.5) is 0 Å². The molecule has 10 N–H and O–H groups in total. The van der Waals surface area contributed by atoms with Crippen molar-refractivity contribution in [2.24, 2.45) is 10.8 Å². The van der Waals surface area contributed by atoms with E-state index in [1.165, 1.54) is 13.8 Å². The third kappa shape index (κ3) is 27.6. The Balaban J connectivity index is -0.0000000960. The zero-order valence-corrected chi connectivity index (χ0v) is 28.6. The van der Waals surface area contributed by atoms with Crippen LogP contribution in [0.5, 0.6) is 0 Å². The van der Waals surface area contributed by atoms with Gasteiger partial charge in [-0.3, -0.25) is 9.59 Å². The molecule has 0 saturated heterocycles. The van der Waals surface area contributed by atoms with Gasteiger partial charge in [-0.25, -0.2) is 19.2 Å². The van der Waals surface area contributed by atoms with Gasteiger partial charge in [-0.15, -0.1) is 0 Å². The SMILES string of the molecule is C=C(C)C(=O)OCC(CO)(CO)CO.C=C(C)C(=O)OCC(CO)(CO)CO.C=C(CC(=O)O)C(=O)O.C=C(CC(=O)O)C(=O)O.[Ca+2].[H-].[H-]. The van der Waals surface area contributed by atoms with Gasteiger partial charge in [-0.2, -0.15) is 0 Å². The van der Waals surface area contributed by atoms with Crippen molar-refractivity contribution in [1.29, 1.82) is 0 Å². The molecule has 0 aromatic heterocycles. The molecular weight excluding hydrogens is 664 g/mol. The Morgan fingerprint density at radius 1 is 0.532 bits per heavy atom. The summed E-state index contributed by atoms with van der Waals surface area (Å²) < 4.78 is 9.45. The Kier molecular flexibility index (Phi) is 32.9. The Labute approximate surface area is 303 Å². The van der Waals surface area contributed by atoms with Crippen LogP contribution in [0.15, 0.2) is 48.6 Å². The van der Waals surface area contributed by atoms with Crippen molar-refractivity contribution in [3.05, 3.63) is 48.6 Å². The first kappa shape index (κ1) is 53.3. The molecule has 0 aliphatic carbocycles. The monoisotopic (exact) mass is 710 g/mol. The molecule has 0 fully saturated rings. The maximum absolute atomic E-state index is 11.0. The van der Waals surface area contributed by atoms with Gasteiger partial charge in [-0.05, 0) is 13.8 Å². The summed E-state index contributed by atoms with van der Waals surface area (Å²) in [5.74, 6) is -6.10. The largest absolute Gasteiger partial charge is 2.00 e. The molecule has 18 nitrogen and oxygen atoms in total. The fraction of sp³-hybridized carbons (Fsp3) is 0.500. The fourth-order valence-corrected chi connectivity index (χ4v) is 1.77. The predicted octanol–water partition coefficient (Wildman–Crippen LogP) is -1.81. The van der Waals surface area contributed by atoms with Crippen molar-refractivity contribution in [1.82, 2.24) is 0 Å². The number of aliphatic hydroxyl groups is 6. The van der Waals surface area contributed by atoms with Crippen LogP contribution < -0.4 is 0 Å². The fourth-order valence-electron chi connectivity index (χ4n) is 1.77. The van der Waals surface area contributed by atoms with Crippen molar-refractivity contribution < 1.29 is 92.2 Å². The number of hydrogen-bond donors (Lipinski definition) is 10. The second-order valence-electron chi connectivity index (χ2n) is 9.62. The number of rotatable bonds is 18. The summed E-state index contributed by atoms with van der Waals surface area (Å²) in [5, 5.41) is 85.5. The zero-order chi connectivity index (χ0) is 37.3. The summed E-state index contributed by atoms with van der Waals surface area (Å²) in [5.41, 5.74) is -2.50. The summed E-state index contributed by atoms with van der Waals surface area (Å²) in [7, 11) is 0. The molecule has 0 heterocycles. The van der Waals surface area contributed by atoms with E-state index in [9.17, 15) is 28.8 Å². The molecule has 0 aromatic carbocycles. The van der Waals surface area contributed by atoms with Gasteiger partial charge in [0.1, 0.15) is 13.2 Å². The van der Waals surface area contributed by atoms with E-state index in [4.69, 9.17) is 60.5 Å². The Morgan fingerprint density at radius 3 is 0.851 bits per heavy atom. The average Bonchev–Trinajstić information content (AvgIpc) is 2.99. The normalized spacial score (nSPS) is 9.87. The minimum Gasteiger partial charge on any atom is -1.00 e. The zero-order valence-electron chi connectivity index (χ0n) is 28.3. The number of carboxylic acid groups (broad SMARTS) is 4. The van der Waals surface area contributed by atoms with Crippen LogP contribution in [0.1, 0.15) is 29.5 Å². The van der Waals surface area contributed by atoms with Gasteiger partial charge in [0, 0.05) is 22.3 Å². The topological polar surface area (TPSA) is 323 Å². The van der Waals surface area contributed by atoms with Crippen LogP contribution in [0.25, 0.3) is 0 Å². The van der Waals surface area contributed by atoms with Crippen LogP contribution in [0.2, 0.25) is 0 Å². The second-order valence-corrected chi connectivity index (χ2v) is 9.62. The van der Waals surface area contributed by atoms with Crippen molar-refractivity contribution in [2.75, 3.05) is 52.9 Å². The number of hydrogen-bond acceptors (Lipinski definition) is 14. The third-order valence-electron chi connectivity index (χ3n) is 5.06. The number of carboxylic acids is 4. The van der Waals surface area contributed by atoms with E-state index in [0.29, 0.717) is 0 Å². The molecule has 19 heteroatoms. The number of esters is 2. The molecule has 0 saturated carbocycles. The number of carbonyl (C=O) groups excluding carboxylic acids is 2. The van der Waals surface area contributed by atoms with Gasteiger partial charge in [0.2, 0.25) is 0 Å². The average molecular weight is 711 g/mol. The molecule has 0 bridgehead atoms. The summed E-state index contributed by atoms with van der Waals surface area (Å²) in [6, 6.07) is 0. The molecule has 0 atom stereocenters. The van der Waals surface area contributed by atoms with Crippen LogP contribution >= 0.6 is 0 Å². The molecule has 47 heavy (non-hydrogen) atoms. The van der Waals surface area contributed by atoms with E-state index in [-0.39, 0.29) is 76.1 Å². The van der Waals surface area contributed by atoms with Gasteiger partial charge in [0.15, 0.2) is 0 Å². The van der Waals surface area contributed by atoms with Crippen molar-refractivity contribution >= 4 is 73.6 Å². The molecule has 0 aliphatic rings. The quantitative estimate of drug-likeness (QED) is 0.0425. The maximum atomic E-state index is 11.0. The molecule has 0 amide bonds. The van der Waals surface area contributed by atoms with Crippen molar-refractivity contribution in [3.63, 3.8) is 0 Å². The third-order valence-corrected chi connectivity index (χ3v) is 5.06. The summed E-state index contributed by atoms with van der Waals surface area (Å²) in [6.07, 6.45) is -1.01. The Bertz CT molecular complexity index is 985. The van der Waals surface area contributed by atoms with Crippen LogP contribution in [-0.4, -0.2) is 177 Å². The minimum absolute atomic E-state index is 0. The first-order valence-electron chi connectivity index (χ1n) is 12.7. The van der Waals surface area contributed by atoms with Crippen LogP contribution in [0, 0.1) is 10.8 Å². The Morgan fingerprint density at radius 2 is 0.745 bits per heavy atom. The minimum atomic E-state index is -1.27. The smallest absolute Gasteiger partial charge is 1.00 e. The molecule has 0 spiro atoms. The van der Waals surface area contributed by atoms with Gasteiger partial charge in [0.25, 0.3) is 0 Å². The number of carbonyl (C=O) groups is 6. The summed E-state index contributed by atoms with van der Waals surface area (Å²) in [4.78, 5) is 61.3. The predicted molar refractivity (Wildman–Crippen MR) is 165 cm³/mol. The van der Waals surface area contributed by atoms with E-state index in [1.807, 2.05) is 0 Å². The van der Waals surface area contributed by atoms with Crippen molar-refractivity contribution in [2.45, 2.75) is 26.7 Å². The Hall–Kier alpha value is -3.20. The first-order valence-corrected chi connectivity index (χ1v) is 12.7. The van der Waals surface area contributed by atoms with E-state index in [2.05, 4.69) is 26.3 Å². The van der Waals surface area contributed by atoms with Gasteiger partial charge >= 0.3 is 73.6 Å². The van der Waals surface area contributed by atoms with Crippen LogP contribution in [-0.2, 0) is 38.2 Å². The van der Waals surface area contributed by atoms with Crippen molar-refractivity contribution in [3.8, 4) is 0 Å². The summed E-state index contributed by atoms with van der Waals surface area (Å²) in [6.45, 7) is 12.5. The maximum Gasteiger partial charge on any atom is 2.00 e. The number of aliphatic hydroxyl groups excluding tert-OH is 6. The summed E-state index contributed by atoms with van der Waals surface area (Å²) >= 11 is 0.